The van der Waals surface area contributed by atoms with E-state index in [1.807, 2.05) is 0 Å². The zero-order chi connectivity index (χ0) is 14.7. The van der Waals surface area contributed by atoms with Crippen LogP contribution in [0.15, 0.2) is 36.4 Å². The van der Waals surface area contributed by atoms with Crippen molar-refractivity contribution in [2.45, 2.75) is 40.3 Å². The lowest BCUT2D eigenvalue weighted by atomic mass is 9.96. The highest BCUT2D eigenvalue weighted by molar-refractivity contribution is 6.33. The molecule has 0 aliphatic rings. The van der Waals surface area contributed by atoms with Crippen LogP contribution in [-0.2, 0) is 6.54 Å². The molecule has 0 spiro atoms. The fourth-order valence-corrected chi connectivity index (χ4v) is 2.56. The minimum atomic E-state index is 0.479. The molecule has 0 saturated heterocycles. The first kappa shape index (κ1) is 15.1. The summed E-state index contributed by atoms with van der Waals surface area (Å²) in [7, 11) is 0. The summed E-state index contributed by atoms with van der Waals surface area (Å²) in [6.45, 7) is 9.42. The van der Waals surface area contributed by atoms with Gasteiger partial charge in [-0.1, -0.05) is 55.8 Å². The van der Waals surface area contributed by atoms with Gasteiger partial charge in [0.25, 0.3) is 0 Å². The van der Waals surface area contributed by atoms with Gasteiger partial charge >= 0.3 is 0 Å². The number of aryl methyl sites for hydroxylation is 1. The molecule has 0 aromatic heterocycles. The van der Waals surface area contributed by atoms with Gasteiger partial charge in [0.15, 0.2) is 0 Å². The smallest absolute Gasteiger partial charge is 0.0487 e. The standard InChI is InChI=1S/C18H22ClN/c1-12(2)20-11-15-8-9-17(18(19)10-15)16-7-5-6-13(3)14(16)4/h5-10,12,20H,11H2,1-4H3. The van der Waals surface area contributed by atoms with Crippen LogP contribution in [0.4, 0.5) is 0 Å². The fraction of sp³-hybridized carbons (Fsp3) is 0.333. The Bertz CT molecular complexity index is 602. The third kappa shape index (κ3) is 3.41. The summed E-state index contributed by atoms with van der Waals surface area (Å²) < 4.78 is 0. The molecule has 20 heavy (non-hydrogen) atoms. The quantitative estimate of drug-likeness (QED) is 0.823. The van der Waals surface area contributed by atoms with Crippen molar-refractivity contribution in [3.63, 3.8) is 0 Å². The van der Waals surface area contributed by atoms with Crippen molar-refractivity contribution in [1.82, 2.24) is 5.32 Å². The van der Waals surface area contributed by atoms with Gasteiger partial charge in [-0.05, 0) is 42.2 Å². The number of nitrogens with one attached hydrogen (secondary N) is 1. The number of rotatable bonds is 4. The molecule has 0 heterocycles. The summed E-state index contributed by atoms with van der Waals surface area (Å²) in [5.74, 6) is 0. The van der Waals surface area contributed by atoms with Crippen molar-refractivity contribution in [2.75, 3.05) is 0 Å². The van der Waals surface area contributed by atoms with Crippen molar-refractivity contribution in [3.05, 3.63) is 58.1 Å². The van der Waals surface area contributed by atoms with Crippen LogP contribution >= 0.6 is 11.6 Å². The average molecular weight is 288 g/mol. The molecular weight excluding hydrogens is 266 g/mol. The van der Waals surface area contributed by atoms with Gasteiger partial charge in [0.05, 0.1) is 0 Å². The molecule has 0 aliphatic carbocycles. The summed E-state index contributed by atoms with van der Waals surface area (Å²) in [6, 6.07) is 13.2. The predicted molar refractivity (Wildman–Crippen MR) is 88.3 cm³/mol. The summed E-state index contributed by atoms with van der Waals surface area (Å²) in [6.07, 6.45) is 0. The zero-order valence-electron chi connectivity index (χ0n) is 12.6. The minimum Gasteiger partial charge on any atom is -0.310 e. The minimum absolute atomic E-state index is 0.479. The molecule has 2 rings (SSSR count). The maximum Gasteiger partial charge on any atom is 0.0487 e. The molecule has 0 aliphatic heterocycles. The van der Waals surface area contributed by atoms with E-state index >= 15 is 0 Å². The van der Waals surface area contributed by atoms with Crippen LogP contribution in [0.1, 0.15) is 30.5 Å². The summed E-state index contributed by atoms with van der Waals surface area (Å²) in [5, 5.41) is 4.23. The Balaban J connectivity index is 2.32. The van der Waals surface area contributed by atoms with Gasteiger partial charge in [0.1, 0.15) is 0 Å². The largest absolute Gasteiger partial charge is 0.310 e. The molecule has 0 bridgehead atoms. The van der Waals surface area contributed by atoms with E-state index in [0.717, 1.165) is 17.1 Å². The van der Waals surface area contributed by atoms with Crippen LogP contribution in [0.5, 0.6) is 0 Å². The van der Waals surface area contributed by atoms with Crippen molar-refractivity contribution in [2.24, 2.45) is 0 Å². The number of benzene rings is 2. The highest BCUT2D eigenvalue weighted by atomic mass is 35.5. The monoisotopic (exact) mass is 287 g/mol. The van der Waals surface area contributed by atoms with E-state index in [1.54, 1.807) is 0 Å². The average Bonchev–Trinajstić information content (AvgIpc) is 2.40. The van der Waals surface area contributed by atoms with Crippen LogP contribution < -0.4 is 5.32 Å². The van der Waals surface area contributed by atoms with Crippen molar-refractivity contribution in [1.29, 1.82) is 0 Å². The lowest BCUT2D eigenvalue weighted by Crippen LogP contribution is -2.21. The maximum atomic E-state index is 6.48. The van der Waals surface area contributed by atoms with Crippen LogP contribution in [-0.4, -0.2) is 6.04 Å². The summed E-state index contributed by atoms with van der Waals surface area (Å²) in [4.78, 5) is 0. The lowest BCUT2D eigenvalue weighted by molar-refractivity contribution is 0.589. The number of hydrogen-bond acceptors (Lipinski definition) is 1. The molecule has 2 aromatic rings. The molecular formula is C18H22ClN. The summed E-state index contributed by atoms with van der Waals surface area (Å²) in [5.41, 5.74) is 6.14. The molecule has 0 atom stereocenters. The second-order valence-corrected chi connectivity index (χ2v) is 6.00. The normalized spacial score (nSPS) is 11.1. The van der Waals surface area contributed by atoms with Crippen LogP contribution in [0.25, 0.3) is 11.1 Å². The van der Waals surface area contributed by atoms with Gasteiger partial charge in [-0.25, -0.2) is 0 Å². The van der Waals surface area contributed by atoms with Gasteiger partial charge in [-0.15, -0.1) is 0 Å². The Labute approximate surface area is 127 Å². The highest BCUT2D eigenvalue weighted by Gasteiger charge is 2.08. The van der Waals surface area contributed by atoms with Crippen molar-refractivity contribution in [3.8, 4) is 11.1 Å². The molecule has 0 unspecified atom stereocenters. The summed E-state index contributed by atoms with van der Waals surface area (Å²) >= 11 is 6.48. The molecule has 0 fully saturated rings. The third-order valence-corrected chi connectivity index (χ3v) is 3.96. The first-order valence-corrected chi connectivity index (χ1v) is 7.45. The Morgan fingerprint density at radius 1 is 1.05 bits per heavy atom. The van der Waals surface area contributed by atoms with Gasteiger partial charge in [-0.2, -0.15) is 0 Å². The van der Waals surface area contributed by atoms with Gasteiger partial charge in [0, 0.05) is 23.2 Å². The van der Waals surface area contributed by atoms with Crippen LogP contribution in [0, 0.1) is 13.8 Å². The second-order valence-electron chi connectivity index (χ2n) is 5.60. The van der Waals surface area contributed by atoms with Gasteiger partial charge < -0.3 is 5.32 Å². The van der Waals surface area contributed by atoms with Gasteiger partial charge in [-0.3, -0.25) is 0 Å². The topological polar surface area (TPSA) is 12.0 Å². The van der Waals surface area contributed by atoms with Crippen LogP contribution in [0.3, 0.4) is 0 Å². The molecule has 0 saturated carbocycles. The first-order chi connectivity index (χ1) is 9.49. The molecule has 0 amide bonds. The Morgan fingerprint density at radius 2 is 1.80 bits per heavy atom. The molecule has 1 nitrogen and oxygen atoms in total. The van der Waals surface area contributed by atoms with E-state index in [9.17, 15) is 0 Å². The van der Waals surface area contributed by atoms with Gasteiger partial charge in [0.2, 0.25) is 0 Å². The van der Waals surface area contributed by atoms with E-state index in [-0.39, 0.29) is 0 Å². The Morgan fingerprint density at radius 3 is 2.45 bits per heavy atom. The molecule has 2 heteroatoms. The second kappa shape index (κ2) is 6.43. The maximum absolute atomic E-state index is 6.48. The van der Waals surface area contributed by atoms with Crippen LogP contribution in [0.2, 0.25) is 5.02 Å². The van der Waals surface area contributed by atoms with E-state index in [1.165, 1.54) is 22.3 Å². The SMILES string of the molecule is Cc1cccc(-c2ccc(CNC(C)C)cc2Cl)c1C. The molecule has 2 aromatic carbocycles. The van der Waals surface area contributed by atoms with E-state index in [4.69, 9.17) is 11.6 Å². The van der Waals surface area contributed by atoms with E-state index in [0.29, 0.717) is 6.04 Å². The third-order valence-electron chi connectivity index (χ3n) is 3.64. The van der Waals surface area contributed by atoms with E-state index < -0.39 is 0 Å². The Hall–Kier alpha value is -1.31. The fourth-order valence-electron chi connectivity index (χ4n) is 2.25. The Kier molecular flexibility index (Phi) is 4.85. The lowest BCUT2D eigenvalue weighted by Gasteiger charge is -2.13. The number of halogens is 1. The molecule has 0 radical (unpaired) electrons. The zero-order valence-corrected chi connectivity index (χ0v) is 13.4. The van der Waals surface area contributed by atoms with Crippen molar-refractivity contribution >= 4 is 11.6 Å². The molecule has 1 N–H and O–H groups in total. The molecule has 106 valence electrons. The predicted octanol–water partition coefficient (Wildman–Crippen LogP) is 5.12. The van der Waals surface area contributed by atoms with E-state index in [2.05, 4.69) is 69.4 Å². The number of hydrogen-bond donors (Lipinski definition) is 1. The first-order valence-electron chi connectivity index (χ1n) is 7.07. The highest BCUT2D eigenvalue weighted by Crippen LogP contribution is 2.32. The van der Waals surface area contributed by atoms with Crippen molar-refractivity contribution < 1.29 is 0 Å².